The predicted molar refractivity (Wildman–Crippen MR) is 103 cm³/mol. The van der Waals surface area contributed by atoms with Gasteiger partial charge in [-0.1, -0.05) is 18.2 Å². The molecule has 0 spiro atoms. The zero-order chi connectivity index (χ0) is 20.8. The number of ether oxygens (including phenoxy) is 1. The molecule has 29 heavy (non-hydrogen) atoms. The molecule has 1 aliphatic heterocycles. The van der Waals surface area contributed by atoms with Crippen LogP contribution in [-0.4, -0.2) is 63.3 Å². The van der Waals surface area contributed by atoms with Crippen LogP contribution in [0.2, 0.25) is 0 Å². The number of nitrogens with zero attached hydrogens (tertiary/aromatic N) is 1. The number of hydrogen-bond acceptors (Lipinski definition) is 9. The SMILES string of the molecule is O=C(Nc1ccc(Oc2ccccc2)cc1)ONC1=N[C@H](CO)[C@@H](O)[C@H](O)[C@H]1O. The Hall–Kier alpha value is -3.18. The van der Waals surface area contributed by atoms with Gasteiger partial charge >= 0.3 is 6.09 Å². The lowest BCUT2D eigenvalue weighted by molar-refractivity contribution is -0.0624. The monoisotopic (exact) mass is 403 g/mol. The van der Waals surface area contributed by atoms with E-state index in [0.29, 0.717) is 17.2 Å². The highest BCUT2D eigenvalue weighted by molar-refractivity contribution is 5.90. The Morgan fingerprint density at radius 3 is 2.28 bits per heavy atom. The van der Waals surface area contributed by atoms with Crippen molar-refractivity contribution in [2.24, 2.45) is 4.99 Å². The molecule has 3 rings (SSSR count). The number of aliphatic imine (C=N–C) groups is 1. The van der Waals surface area contributed by atoms with Crippen molar-refractivity contribution in [1.29, 1.82) is 0 Å². The Kier molecular flexibility index (Phi) is 6.62. The third-order valence-corrected chi connectivity index (χ3v) is 4.17. The fourth-order valence-corrected chi connectivity index (χ4v) is 2.62. The van der Waals surface area contributed by atoms with Gasteiger partial charge in [-0.05, 0) is 36.4 Å². The van der Waals surface area contributed by atoms with Crippen LogP contribution < -0.4 is 15.5 Å². The van der Waals surface area contributed by atoms with Crippen molar-refractivity contribution in [2.75, 3.05) is 11.9 Å². The number of amides is 1. The summed E-state index contributed by atoms with van der Waals surface area (Å²) in [4.78, 5) is 20.5. The summed E-state index contributed by atoms with van der Waals surface area (Å²) in [6.45, 7) is -0.556. The van der Waals surface area contributed by atoms with Crippen molar-refractivity contribution < 1.29 is 34.8 Å². The summed E-state index contributed by atoms with van der Waals surface area (Å²) < 4.78 is 5.65. The van der Waals surface area contributed by atoms with Crippen LogP contribution in [0.4, 0.5) is 10.5 Å². The predicted octanol–water partition coefficient (Wildman–Crippen LogP) is 0.388. The van der Waals surface area contributed by atoms with Crippen LogP contribution >= 0.6 is 0 Å². The number of para-hydroxylation sites is 1. The maximum Gasteiger partial charge on any atom is 0.435 e. The molecule has 1 heterocycles. The molecule has 0 aliphatic carbocycles. The average Bonchev–Trinajstić information content (AvgIpc) is 2.74. The number of aliphatic hydroxyl groups excluding tert-OH is 4. The van der Waals surface area contributed by atoms with Crippen molar-refractivity contribution in [3.63, 3.8) is 0 Å². The average molecular weight is 403 g/mol. The van der Waals surface area contributed by atoms with Gasteiger partial charge < -0.3 is 30.0 Å². The third-order valence-electron chi connectivity index (χ3n) is 4.17. The molecule has 0 unspecified atom stereocenters. The maximum absolute atomic E-state index is 11.9. The van der Waals surface area contributed by atoms with E-state index in [1.54, 1.807) is 24.3 Å². The number of nitrogens with one attached hydrogen (secondary N) is 2. The molecule has 10 heteroatoms. The summed E-state index contributed by atoms with van der Waals surface area (Å²) in [6, 6.07) is 14.7. The van der Waals surface area contributed by atoms with Gasteiger partial charge in [0.2, 0.25) is 0 Å². The van der Waals surface area contributed by atoms with E-state index in [1.807, 2.05) is 30.3 Å². The number of hydrogen-bond donors (Lipinski definition) is 6. The number of anilines is 1. The lowest BCUT2D eigenvalue weighted by Gasteiger charge is -2.32. The molecule has 0 radical (unpaired) electrons. The summed E-state index contributed by atoms with van der Waals surface area (Å²) in [6.07, 6.45) is -5.53. The highest BCUT2D eigenvalue weighted by Crippen LogP contribution is 2.22. The van der Waals surface area contributed by atoms with Crippen LogP contribution in [0.15, 0.2) is 59.6 Å². The summed E-state index contributed by atoms with van der Waals surface area (Å²) >= 11 is 0. The lowest BCUT2D eigenvalue weighted by atomic mass is 9.97. The molecule has 2 aromatic carbocycles. The van der Waals surface area contributed by atoms with Crippen molar-refractivity contribution >= 4 is 17.6 Å². The standard InChI is InChI=1S/C19H21N3O7/c23-10-14-15(24)16(25)17(26)18(21-14)22-29-19(27)20-11-6-8-13(9-7-11)28-12-4-2-1-3-5-12/h1-9,14-17,23-26H,10H2,(H,20,27)(H,21,22)/t14-,15-,16+,17-/m1/s1. The highest BCUT2D eigenvalue weighted by atomic mass is 16.7. The Balaban J connectivity index is 1.53. The van der Waals surface area contributed by atoms with E-state index in [4.69, 9.17) is 14.7 Å². The van der Waals surface area contributed by atoms with E-state index in [-0.39, 0.29) is 5.84 Å². The summed E-state index contributed by atoms with van der Waals surface area (Å²) in [7, 11) is 0. The smallest absolute Gasteiger partial charge is 0.435 e. The summed E-state index contributed by atoms with van der Waals surface area (Å²) in [5.74, 6) is 0.969. The highest BCUT2D eigenvalue weighted by Gasteiger charge is 2.39. The molecule has 154 valence electrons. The molecule has 2 aromatic rings. The topological polar surface area (TPSA) is 153 Å². The van der Waals surface area contributed by atoms with Gasteiger partial charge in [0.15, 0.2) is 5.84 Å². The normalized spacial score (nSPS) is 23.7. The molecule has 0 saturated carbocycles. The molecule has 0 bridgehead atoms. The Morgan fingerprint density at radius 1 is 0.966 bits per heavy atom. The zero-order valence-electron chi connectivity index (χ0n) is 15.2. The van der Waals surface area contributed by atoms with Crippen LogP contribution in [0.25, 0.3) is 0 Å². The molecule has 1 amide bonds. The van der Waals surface area contributed by atoms with Crippen molar-refractivity contribution in [3.05, 3.63) is 54.6 Å². The largest absolute Gasteiger partial charge is 0.457 e. The summed E-state index contributed by atoms with van der Waals surface area (Å²) in [5, 5.41) is 40.9. The fraction of sp³-hybridized carbons (Fsp3) is 0.263. The van der Waals surface area contributed by atoms with Gasteiger partial charge in [-0.2, -0.15) is 0 Å². The van der Waals surface area contributed by atoms with Crippen molar-refractivity contribution in [3.8, 4) is 11.5 Å². The maximum atomic E-state index is 11.9. The van der Waals surface area contributed by atoms with Gasteiger partial charge in [0.05, 0.1) is 6.61 Å². The van der Waals surface area contributed by atoms with Gasteiger partial charge in [-0.15, -0.1) is 0 Å². The zero-order valence-corrected chi connectivity index (χ0v) is 15.2. The number of benzene rings is 2. The lowest BCUT2D eigenvalue weighted by Crippen LogP contribution is -2.56. The first-order valence-corrected chi connectivity index (χ1v) is 8.77. The number of carbonyl (C=O) groups is 1. The molecule has 4 atom stereocenters. The van der Waals surface area contributed by atoms with Gasteiger partial charge in [0, 0.05) is 5.69 Å². The van der Waals surface area contributed by atoms with Crippen LogP contribution in [0.3, 0.4) is 0 Å². The Labute approximate surface area is 166 Å². The van der Waals surface area contributed by atoms with Gasteiger partial charge in [-0.25, -0.2) is 10.3 Å². The second kappa shape index (κ2) is 9.34. The van der Waals surface area contributed by atoms with Gasteiger partial charge in [0.25, 0.3) is 0 Å². The second-order valence-electron chi connectivity index (χ2n) is 6.25. The summed E-state index contributed by atoms with van der Waals surface area (Å²) in [5.41, 5.74) is 2.55. The van der Waals surface area contributed by atoms with E-state index in [2.05, 4.69) is 15.8 Å². The minimum Gasteiger partial charge on any atom is -0.457 e. The molecular weight excluding hydrogens is 382 g/mol. The van der Waals surface area contributed by atoms with Gasteiger partial charge in [0.1, 0.15) is 35.9 Å². The molecule has 1 aliphatic rings. The first-order chi connectivity index (χ1) is 14.0. The number of amidine groups is 1. The minimum absolute atomic E-state index is 0.288. The van der Waals surface area contributed by atoms with Gasteiger partial charge in [-0.3, -0.25) is 10.3 Å². The quantitative estimate of drug-likeness (QED) is 0.401. The molecule has 0 saturated heterocycles. The van der Waals surface area contributed by atoms with E-state index in [0.717, 1.165) is 0 Å². The number of aliphatic hydroxyl groups is 4. The van der Waals surface area contributed by atoms with E-state index >= 15 is 0 Å². The molecule has 0 fully saturated rings. The Bertz CT molecular complexity index is 845. The minimum atomic E-state index is -1.60. The number of rotatable bonds is 4. The van der Waals surface area contributed by atoms with Crippen LogP contribution in [-0.2, 0) is 4.84 Å². The first kappa shape index (κ1) is 20.6. The second-order valence-corrected chi connectivity index (χ2v) is 6.25. The molecule has 0 aromatic heterocycles. The van der Waals surface area contributed by atoms with Crippen LogP contribution in [0.1, 0.15) is 0 Å². The van der Waals surface area contributed by atoms with Crippen LogP contribution in [0.5, 0.6) is 11.5 Å². The fourth-order valence-electron chi connectivity index (χ4n) is 2.62. The van der Waals surface area contributed by atoms with Crippen molar-refractivity contribution in [2.45, 2.75) is 24.4 Å². The van der Waals surface area contributed by atoms with Crippen LogP contribution in [0, 0.1) is 0 Å². The number of hydroxylamine groups is 1. The number of carbonyl (C=O) groups excluding carboxylic acids is 1. The van der Waals surface area contributed by atoms with Crippen molar-refractivity contribution in [1.82, 2.24) is 5.48 Å². The molecule has 6 N–H and O–H groups in total. The van der Waals surface area contributed by atoms with E-state index in [1.165, 1.54) is 0 Å². The first-order valence-electron chi connectivity index (χ1n) is 8.77. The molecular formula is C19H21N3O7. The van der Waals surface area contributed by atoms with E-state index in [9.17, 15) is 20.1 Å². The third kappa shape index (κ3) is 5.21. The Morgan fingerprint density at radius 2 is 1.62 bits per heavy atom. The molecule has 10 nitrogen and oxygen atoms in total. The van der Waals surface area contributed by atoms with E-state index < -0.39 is 37.1 Å².